The van der Waals surface area contributed by atoms with Gasteiger partial charge in [0.1, 0.15) is 0 Å². The summed E-state index contributed by atoms with van der Waals surface area (Å²) in [7, 11) is 1.73. The van der Waals surface area contributed by atoms with Crippen LogP contribution in [0.25, 0.3) is 0 Å². The smallest absolute Gasteiger partial charge is 0.0587 e. The monoisotopic (exact) mass is 235 g/mol. The molecule has 0 bridgehead atoms. The van der Waals surface area contributed by atoms with Gasteiger partial charge >= 0.3 is 0 Å². The van der Waals surface area contributed by atoms with Gasteiger partial charge in [0.15, 0.2) is 0 Å². The zero-order valence-corrected chi connectivity index (χ0v) is 11.3. The highest BCUT2D eigenvalue weighted by Gasteiger charge is 2.02. The van der Waals surface area contributed by atoms with E-state index in [4.69, 9.17) is 4.74 Å². The predicted molar refractivity (Wildman–Crippen MR) is 73.6 cm³/mol. The summed E-state index contributed by atoms with van der Waals surface area (Å²) in [4.78, 5) is 0. The predicted octanol–water partition coefficient (Wildman–Crippen LogP) is 2.98. The van der Waals surface area contributed by atoms with Gasteiger partial charge in [0.25, 0.3) is 0 Å². The number of methoxy groups -OCH3 is 1. The number of ether oxygens (including phenoxy) is 1. The maximum Gasteiger partial charge on any atom is 0.0587 e. The summed E-state index contributed by atoms with van der Waals surface area (Å²) in [6.07, 6.45) is 2.29. The molecule has 96 valence electrons. The molecule has 1 aromatic rings. The fourth-order valence-corrected chi connectivity index (χ4v) is 1.78. The lowest BCUT2D eigenvalue weighted by atomic mass is 9.97. The molecule has 1 atom stereocenters. The molecule has 1 aromatic carbocycles. The van der Waals surface area contributed by atoms with E-state index >= 15 is 0 Å². The normalized spacial score (nSPS) is 12.6. The summed E-state index contributed by atoms with van der Waals surface area (Å²) >= 11 is 0. The first-order valence-corrected chi connectivity index (χ1v) is 6.56. The SMILES string of the molecule is CCC(C)c1ccc(CCNCCOC)cc1. The van der Waals surface area contributed by atoms with Crippen LogP contribution in [0, 0.1) is 0 Å². The molecule has 0 spiro atoms. The maximum absolute atomic E-state index is 4.99. The molecule has 0 radical (unpaired) electrons. The lowest BCUT2D eigenvalue weighted by Crippen LogP contribution is -2.21. The summed E-state index contributed by atoms with van der Waals surface area (Å²) in [5.41, 5.74) is 2.85. The van der Waals surface area contributed by atoms with E-state index in [2.05, 4.69) is 43.4 Å². The molecule has 0 aliphatic heterocycles. The van der Waals surface area contributed by atoms with Gasteiger partial charge in [-0.15, -0.1) is 0 Å². The number of nitrogens with one attached hydrogen (secondary N) is 1. The minimum absolute atomic E-state index is 0.670. The Balaban J connectivity index is 2.30. The molecular formula is C15H25NO. The highest BCUT2D eigenvalue weighted by atomic mass is 16.5. The molecule has 0 saturated carbocycles. The van der Waals surface area contributed by atoms with Crippen LogP contribution < -0.4 is 5.32 Å². The third-order valence-electron chi connectivity index (χ3n) is 3.23. The van der Waals surface area contributed by atoms with Crippen LogP contribution in [-0.4, -0.2) is 26.8 Å². The molecule has 0 aliphatic rings. The zero-order chi connectivity index (χ0) is 12.5. The quantitative estimate of drug-likeness (QED) is 0.699. The standard InChI is InChI=1S/C15H25NO/c1-4-13(2)15-7-5-14(6-8-15)9-10-16-11-12-17-3/h5-8,13,16H,4,9-12H2,1-3H3. The van der Waals surface area contributed by atoms with Crippen molar-refractivity contribution in [1.82, 2.24) is 5.32 Å². The Morgan fingerprint density at radius 2 is 1.88 bits per heavy atom. The number of hydrogen-bond donors (Lipinski definition) is 1. The minimum atomic E-state index is 0.670. The van der Waals surface area contributed by atoms with Crippen molar-refractivity contribution in [3.05, 3.63) is 35.4 Å². The first-order valence-electron chi connectivity index (χ1n) is 6.56. The molecule has 0 fully saturated rings. The van der Waals surface area contributed by atoms with Crippen LogP contribution in [0.1, 0.15) is 37.3 Å². The van der Waals surface area contributed by atoms with Gasteiger partial charge in [-0.25, -0.2) is 0 Å². The van der Waals surface area contributed by atoms with Gasteiger partial charge in [0.05, 0.1) is 6.61 Å². The van der Waals surface area contributed by atoms with Crippen LogP contribution >= 0.6 is 0 Å². The van der Waals surface area contributed by atoms with E-state index in [9.17, 15) is 0 Å². The summed E-state index contributed by atoms with van der Waals surface area (Å²) in [6, 6.07) is 9.02. The van der Waals surface area contributed by atoms with E-state index in [0.29, 0.717) is 5.92 Å². The van der Waals surface area contributed by atoms with Gasteiger partial charge in [-0.05, 0) is 36.4 Å². The Morgan fingerprint density at radius 3 is 2.47 bits per heavy atom. The highest BCUT2D eigenvalue weighted by molar-refractivity contribution is 5.25. The fraction of sp³-hybridized carbons (Fsp3) is 0.600. The Bertz CT molecular complexity index is 294. The largest absolute Gasteiger partial charge is 0.383 e. The van der Waals surface area contributed by atoms with E-state index in [0.717, 1.165) is 26.1 Å². The highest BCUT2D eigenvalue weighted by Crippen LogP contribution is 2.18. The number of rotatable bonds is 8. The van der Waals surface area contributed by atoms with E-state index in [1.54, 1.807) is 7.11 Å². The molecule has 0 saturated heterocycles. The van der Waals surface area contributed by atoms with Crippen molar-refractivity contribution in [2.24, 2.45) is 0 Å². The third-order valence-corrected chi connectivity index (χ3v) is 3.23. The van der Waals surface area contributed by atoms with Crippen LogP contribution in [0.2, 0.25) is 0 Å². The van der Waals surface area contributed by atoms with E-state index in [-0.39, 0.29) is 0 Å². The van der Waals surface area contributed by atoms with Gasteiger partial charge in [-0.3, -0.25) is 0 Å². The van der Waals surface area contributed by atoms with Crippen molar-refractivity contribution in [3.8, 4) is 0 Å². The Kier molecular flexibility index (Phi) is 6.90. The van der Waals surface area contributed by atoms with Gasteiger partial charge in [-0.1, -0.05) is 38.1 Å². The molecule has 0 amide bonds. The number of hydrogen-bond acceptors (Lipinski definition) is 2. The van der Waals surface area contributed by atoms with Crippen molar-refractivity contribution < 1.29 is 4.74 Å². The topological polar surface area (TPSA) is 21.3 Å². The third kappa shape index (κ3) is 5.33. The van der Waals surface area contributed by atoms with Crippen LogP contribution in [0.5, 0.6) is 0 Å². The van der Waals surface area contributed by atoms with Crippen LogP contribution in [-0.2, 0) is 11.2 Å². The lowest BCUT2D eigenvalue weighted by molar-refractivity contribution is 0.199. The first kappa shape index (κ1) is 14.2. The van der Waals surface area contributed by atoms with Gasteiger partial charge < -0.3 is 10.1 Å². The van der Waals surface area contributed by atoms with Crippen LogP contribution in [0.3, 0.4) is 0 Å². The second-order valence-corrected chi connectivity index (χ2v) is 4.54. The van der Waals surface area contributed by atoms with Crippen LogP contribution in [0.15, 0.2) is 24.3 Å². The minimum Gasteiger partial charge on any atom is -0.383 e. The second kappa shape index (κ2) is 8.26. The lowest BCUT2D eigenvalue weighted by Gasteiger charge is -2.10. The van der Waals surface area contributed by atoms with E-state index in [1.165, 1.54) is 17.5 Å². The molecule has 1 N–H and O–H groups in total. The number of benzene rings is 1. The molecule has 0 aliphatic carbocycles. The van der Waals surface area contributed by atoms with Gasteiger partial charge in [0, 0.05) is 13.7 Å². The Labute approximate surface area is 105 Å². The van der Waals surface area contributed by atoms with Crippen molar-refractivity contribution in [3.63, 3.8) is 0 Å². The summed E-state index contributed by atoms with van der Waals surface area (Å²) < 4.78 is 4.99. The average molecular weight is 235 g/mol. The van der Waals surface area contributed by atoms with Gasteiger partial charge in [0.2, 0.25) is 0 Å². The molecule has 17 heavy (non-hydrogen) atoms. The second-order valence-electron chi connectivity index (χ2n) is 4.54. The Hall–Kier alpha value is -0.860. The first-order chi connectivity index (χ1) is 8.27. The molecular weight excluding hydrogens is 210 g/mol. The summed E-state index contributed by atoms with van der Waals surface area (Å²) in [5.74, 6) is 0.670. The van der Waals surface area contributed by atoms with E-state index in [1.807, 2.05) is 0 Å². The summed E-state index contributed by atoms with van der Waals surface area (Å²) in [5, 5.41) is 3.36. The van der Waals surface area contributed by atoms with Crippen molar-refractivity contribution in [2.45, 2.75) is 32.6 Å². The average Bonchev–Trinajstić information content (AvgIpc) is 2.38. The molecule has 1 rings (SSSR count). The van der Waals surface area contributed by atoms with E-state index < -0.39 is 0 Å². The summed E-state index contributed by atoms with van der Waals surface area (Å²) in [6.45, 7) is 7.25. The van der Waals surface area contributed by atoms with Crippen molar-refractivity contribution in [1.29, 1.82) is 0 Å². The molecule has 2 heteroatoms. The molecule has 1 unspecified atom stereocenters. The molecule has 2 nitrogen and oxygen atoms in total. The zero-order valence-electron chi connectivity index (χ0n) is 11.3. The molecule has 0 aromatic heterocycles. The Morgan fingerprint density at radius 1 is 1.18 bits per heavy atom. The van der Waals surface area contributed by atoms with Crippen molar-refractivity contribution >= 4 is 0 Å². The van der Waals surface area contributed by atoms with Gasteiger partial charge in [-0.2, -0.15) is 0 Å². The maximum atomic E-state index is 4.99. The van der Waals surface area contributed by atoms with Crippen LogP contribution in [0.4, 0.5) is 0 Å². The molecule has 0 heterocycles. The van der Waals surface area contributed by atoms with Crippen molar-refractivity contribution in [2.75, 3.05) is 26.8 Å². The fourth-order valence-electron chi connectivity index (χ4n) is 1.78.